The Hall–Kier alpha value is -2.21. The van der Waals surface area contributed by atoms with Crippen LogP contribution >= 0.6 is 11.6 Å². The molecule has 0 aliphatic rings. The summed E-state index contributed by atoms with van der Waals surface area (Å²) < 4.78 is 17.9. The van der Waals surface area contributed by atoms with Crippen LogP contribution in [-0.2, 0) is 16.6 Å². The second-order valence-electron chi connectivity index (χ2n) is 5.57. The van der Waals surface area contributed by atoms with Crippen LogP contribution in [0, 0.1) is 20.8 Å². The van der Waals surface area contributed by atoms with Gasteiger partial charge in [0.25, 0.3) is 0 Å². The number of carbonyl (C=O) groups excluding carboxylic acids is 1. The molecule has 1 atom stereocenters. The van der Waals surface area contributed by atoms with Crippen molar-refractivity contribution >= 4 is 17.6 Å². The van der Waals surface area contributed by atoms with Crippen molar-refractivity contribution in [2.24, 2.45) is 7.05 Å². The Morgan fingerprint density at radius 2 is 1.92 bits per heavy atom. The first-order valence-corrected chi connectivity index (χ1v) is 7.85. The van der Waals surface area contributed by atoms with Crippen molar-refractivity contribution in [2.75, 3.05) is 7.11 Å². The monoisotopic (exact) mass is 352 g/mol. The summed E-state index contributed by atoms with van der Waals surface area (Å²) in [6, 6.07) is 3.40. The quantitative estimate of drug-likeness (QED) is 0.767. The predicted octanol–water partition coefficient (Wildman–Crippen LogP) is 3.73. The highest BCUT2D eigenvalue weighted by molar-refractivity contribution is 6.32. The van der Waals surface area contributed by atoms with E-state index >= 15 is 0 Å². The summed E-state index contributed by atoms with van der Waals surface area (Å²) in [5.74, 6) is 1.10. The molecule has 1 heterocycles. The van der Waals surface area contributed by atoms with Crippen molar-refractivity contribution in [3.63, 3.8) is 0 Å². The Labute approximate surface area is 146 Å². The zero-order chi connectivity index (χ0) is 18.0. The van der Waals surface area contributed by atoms with E-state index in [1.165, 1.54) is 7.11 Å². The average molecular weight is 353 g/mol. The van der Waals surface area contributed by atoms with E-state index in [9.17, 15) is 4.79 Å². The van der Waals surface area contributed by atoms with E-state index in [1.54, 1.807) is 23.7 Å². The first kappa shape index (κ1) is 18.1. The van der Waals surface area contributed by atoms with Gasteiger partial charge in [0.15, 0.2) is 6.10 Å². The first-order chi connectivity index (χ1) is 11.2. The van der Waals surface area contributed by atoms with E-state index in [4.69, 9.17) is 21.1 Å². The highest BCUT2D eigenvalue weighted by Crippen LogP contribution is 2.36. The van der Waals surface area contributed by atoms with Gasteiger partial charge in [-0.25, -0.2) is 9.48 Å². The minimum atomic E-state index is -0.774. The lowest BCUT2D eigenvalue weighted by atomic mass is 10.2. The molecular formula is C17H21ClN2O4. The summed E-state index contributed by atoms with van der Waals surface area (Å²) in [4.78, 5) is 11.5. The van der Waals surface area contributed by atoms with Crippen LogP contribution in [0.4, 0.5) is 0 Å². The Balaban J connectivity index is 2.34. The van der Waals surface area contributed by atoms with E-state index in [0.29, 0.717) is 22.4 Å². The summed E-state index contributed by atoms with van der Waals surface area (Å²) in [5, 5.41) is 4.73. The third kappa shape index (κ3) is 3.64. The lowest BCUT2D eigenvalue weighted by Gasteiger charge is -2.16. The minimum Gasteiger partial charge on any atom is -0.477 e. The minimum absolute atomic E-state index is 0.353. The molecule has 2 rings (SSSR count). The van der Waals surface area contributed by atoms with Crippen LogP contribution in [0.3, 0.4) is 0 Å². The van der Waals surface area contributed by atoms with E-state index < -0.39 is 12.1 Å². The third-order valence-corrected chi connectivity index (χ3v) is 4.03. The number of hydrogen-bond acceptors (Lipinski definition) is 5. The van der Waals surface area contributed by atoms with Crippen LogP contribution in [0.1, 0.15) is 23.7 Å². The largest absolute Gasteiger partial charge is 0.477 e. The van der Waals surface area contributed by atoms with Gasteiger partial charge in [-0.1, -0.05) is 11.6 Å². The van der Waals surface area contributed by atoms with E-state index in [1.807, 2.05) is 27.8 Å². The van der Waals surface area contributed by atoms with Gasteiger partial charge in [0.05, 0.1) is 17.8 Å². The molecule has 0 bridgehead atoms. The molecule has 0 aliphatic heterocycles. The number of aromatic nitrogens is 2. The molecule has 1 aromatic carbocycles. The topological polar surface area (TPSA) is 62.6 Å². The smallest absolute Gasteiger partial charge is 0.346 e. The molecule has 0 aliphatic carbocycles. The number of esters is 1. The van der Waals surface area contributed by atoms with Gasteiger partial charge in [-0.05, 0) is 39.3 Å². The maximum atomic E-state index is 11.5. The second kappa shape index (κ2) is 7.13. The third-order valence-electron chi connectivity index (χ3n) is 3.73. The SMILES string of the molecule is COC(=O)[C@H](C)Oc1cc(Oc2c(C)c(C)nn2C)c(C)cc1Cl. The molecule has 2 aromatic rings. The van der Waals surface area contributed by atoms with Crippen molar-refractivity contribution < 1.29 is 19.0 Å². The fourth-order valence-electron chi connectivity index (χ4n) is 2.23. The standard InChI is InChI=1S/C17H21ClN2O4/c1-9-7-13(18)15(23-12(4)17(21)22-6)8-14(9)24-16-10(2)11(3)19-20(16)5/h7-8,12H,1-6H3/t12-/m0/s1. The normalized spacial score (nSPS) is 12.0. The average Bonchev–Trinajstić information content (AvgIpc) is 2.77. The number of nitrogens with zero attached hydrogens (tertiary/aromatic N) is 2. The molecule has 0 amide bonds. The zero-order valence-electron chi connectivity index (χ0n) is 14.6. The molecule has 1 aromatic heterocycles. The molecule has 130 valence electrons. The van der Waals surface area contributed by atoms with E-state index in [-0.39, 0.29) is 0 Å². The summed E-state index contributed by atoms with van der Waals surface area (Å²) >= 11 is 6.21. The molecule has 0 N–H and O–H groups in total. The lowest BCUT2D eigenvalue weighted by Crippen LogP contribution is -2.25. The second-order valence-corrected chi connectivity index (χ2v) is 5.98. The Morgan fingerprint density at radius 1 is 1.25 bits per heavy atom. The van der Waals surface area contributed by atoms with Crippen molar-refractivity contribution in [3.8, 4) is 17.4 Å². The number of hydrogen-bond donors (Lipinski definition) is 0. The van der Waals surface area contributed by atoms with Gasteiger partial charge < -0.3 is 14.2 Å². The van der Waals surface area contributed by atoms with Crippen LogP contribution in [0.2, 0.25) is 5.02 Å². The number of aryl methyl sites for hydroxylation is 3. The molecule has 6 nitrogen and oxygen atoms in total. The molecule has 0 spiro atoms. The van der Waals surface area contributed by atoms with Gasteiger partial charge in [0.1, 0.15) is 11.5 Å². The summed E-state index contributed by atoms with van der Waals surface area (Å²) in [6.07, 6.45) is -0.774. The lowest BCUT2D eigenvalue weighted by molar-refractivity contribution is -0.147. The van der Waals surface area contributed by atoms with Crippen LogP contribution < -0.4 is 9.47 Å². The number of methoxy groups -OCH3 is 1. The fourth-order valence-corrected chi connectivity index (χ4v) is 2.49. The summed E-state index contributed by atoms with van der Waals surface area (Å²) in [7, 11) is 3.12. The maximum absolute atomic E-state index is 11.5. The number of halogens is 1. The fraction of sp³-hybridized carbons (Fsp3) is 0.412. The highest BCUT2D eigenvalue weighted by Gasteiger charge is 2.19. The van der Waals surface area contributed by atoms with Crippen molar-refractivity contribution in [3.05, 3.63) is 34.0 Å². The van der Waals surface area contributed by atoms with Gasteiger partial charge in [0.2, 0.25) is 5.88 Å². The number of benzene rings is 1. The molecular weight excluding hydrogens is 332 g/mol. The molecule has 7 heteroatoms. The molecule has 0 saturated heterocycles. The van der Waals surface area contributed by atoms with E-state index in [2.05, 4.69) is 9.84 Å². The van der Waals surface area contributed by atoms with Crippen molar-refractivity contribution in [1.29, 1.82) is 0 Å². The van der Waals surface area contributed by atoms with Crippen molar-refractivity contribution in [2.45, 2.75) is 33.8 Å². The Kier molecular flexibility index (Phi) is 5.39. The molecule has 0 fully saturated rings. The summed E-state index contributed by atoms with van der Waals surface area (Å²) in [6.45, 7) is 7.34. The number of ether oxygens (including phenoxy) is 3. The van der Waals surface area contributed by atoms with Gasteiger partial charge in [-0.2, -0.15) is 5.10 Å². The molecule has 0 radical (unpaired) electrons. The van der Waals surface area contributed by atoms with Crippen LogP contribution in [0.5, 0.6) is 17.4 Å². The first-order valence-electron chi connectivity index (χ1n) is 7.47. The number of rotatable bonds is 5. The molecule has 24 heavy (non-hydrogen) atoms. The highest BCUT2D eigenvalue weighted by atomic mass is 35.5. The predicted molar refractivity (Wildman–Crippen MR) is 91.1 cm³/mol. The zero-order valence-corrected chi connectivity index (χ0v) is 15.4. The van der Waals surface area contributed by atoms with Gasteiger partial charge in [-0.15, -0.1) is 0 Å². The maximum Gasteiger partial charge on any atom is 0.346 e. The molecule has 0 saturated carbocycles. The number of carbonyl (C=O) groups is 1. The van der Waals surface area contributed by atoms with Crippen LogP contribution in [0.15, 0.2) is 12.1 Å². The Bertz CT molecular complexity index is 770. The van der Waals surface area contributed by atoms with Gasteiger partial charge in [-0.3, -0.25) is 0 Å². The van der Waals surface area contributed by atoms with Gasteiger partial charge in [0, 0.05) is 18.7 Å². The molecule has 0 unspecified atom stereocenters. The van der Waals surface area contributed by atoms with Crippen LogP contribution in [-0.4, -0.2) is 29.0 Å². The van der Waals surface area contributed by atoms with Crippen molar-refractivity contribution in [1.82, 2.24) is 9.78 Å². The summed E-state index contributed by atoms with van der Waals surface area (Å²) in [5.41, 5.74) is 2.70. The Morgan fingerprint density at radius 3 is 2.46 bits per heavy atom. The van der Waals surface area contributed by atoms with E-state index in [0.717, 1.165) is 16.8 Å². The van der Waals surface area contributed by atoms with Gasteiger partial charge >= 0.3 is 5.97 Å². The van der Waals surface area contributed by atoms with Crippen LogP contribution in [0.25, 0.3) is 0 Å².